The topological polar surface area (TPSA) is 77.9 Å². The molecule has 0 saturated carbocycles. The largest absolute Gasteiger partial charge is 0.481 e. The molecule has 1 heterocycles. The average Bonchev–Trinajstić information content (AvgIpc) is 2.27. The van der Waals surface area contributed by atoms with E-state index in [1.165, 1.54) is 4.31 Å². The average molecular weight is 278 g/mol. The molecule has 0 aromatic rings. The second kappa shape index (κ2) is 6.49. The van der Waals surface area contributed by atoms with Gasteiger partial charge in [-0.05, 0) is 32.9 Å². The van der Waals surface area contributed by atoms with Gasteiger partial charge in [-0.1, -0.05) is 0 Å². The van der Waals surface area contributed by atoms with Crippen molar-refractivity contribution in [1.29, 1.82) is 0 Å². The van der Waals surface area contributed by atoms with E-state index in [4.69, 9.17) is 5.11 Å². The summed E-state index contributed by atoms with van der Waals surface area (Å²) < 4.78 is 25.5. The van der Waals surface area contributed by atoms with Gasteiger partial charge in [0.1, 0.15) is 0 Å². The molecule has 1 aliphatic heterocycles. The van der Waals surface area contributed by atoms with Crippen LogP contribution in [0.15, 0.2) is 0 Å². The molecule has 0 radical (unpaired) electrons. The van der Waals surface area contributed by atoms with E-state index in [9.17, 15) is 13.2 Å². The standard InChI is InChI=1S/C11H22N2O4S/c1-12-7-3-5-10(9-12)13(2)18(16,17)8-4-6-11(14)15/h10H,3-9H2,1-2H3,(H,14,15). The molecule has 0 aromatic carbocycles. The van der Waals surface area contributed by atoms with E-state index >= 15 is 0 Å². The minimum Gasteiger partial charge on any atom is -0.481 e. The van der Waals surface area contributed by atoms with E-state index in [1.54, 1.807) is 7.05 Å². The van der Waals surface area contributed by atoms with Crippen LogP contribution >= 0.6 is 0 Å². The van der Waals surface area contributed by atoms with E-state index < -0.39 is 16.0 Å². The highest BCUT2D eigenvalue weighted by Gasteiger charge is 2.28. The van der Waals surface area contributed by atoms with Gasteiger partial charge in [0, 0.05) is 26.1 Å². The molecule has 1 N–H and O–H groups in total. The minimum absolute atomic E-state index is 0.0126. The lowest BCUT2D eigenvalue weighted by atomic mass is 10.1. The van der Waals surface area contributed by atoms with Crippen molar-refractivity contribution in [3.05, 3.63) is 0 Å². The normalized spacial score (nSPS) is 22.3. The number of hydrogen-bond acceptors (Lipinski definition) is 4. The molecule has 0 aliphatic carbocycles. The predicted octanol–water partition coefficient (Wildman–Crippen LogP) is 0.207. The fourth-order valence-electron chi connectivity index (χ4n) is 2.21. The lowest BCUT2D eigenvalue weighted by Crippen LogP contribution is -2.47. The van der Waals surface area contributed by atoms with Crippen LogP contribution in [0.4, 0.5) is 0 Å². The van der Waals surface area contributed by atoms with Gasteiger partial charge in [0.05, 0.1) is 5.75 Å². The second-order valence-electron chi connectivity index (χ2n) is 4.89. The molecule has 0 amide bonds. The van der Waals surface area contributed by atoms with Crippen molar-refractivity contribution in [3.8, 4) is 0 Å². The number of likely N-dealkylation sites (N-methyl/N-ethyl adjacent to an activating group) is 2. The van der Waals surface area contributed by atoms with Gasteiger partial charge in [-0.25, -0.2) is 12.7 Å². The summed E-state index contributed by atoms with van der Waals surface area (Å²) >= 11 is 0. The van der Waals surface area contributed by atoms with Crippen LogP contribution in [-0.4, -0.2) is 67.7 Å². The van der Waals surface area contributed by atoms with Gasteiger partial charge in [0.15, 0.2) is 0 Å². The first kappa shape index (κ1) is 15.4. The number of hydrogen-bond donors (Lipinski definition) is 1. The quantitative estimate of drug-likeness (QED) is 0.751. The monoisotopic (exact) mass is 278 g/mol. The Labute approximate surface area is 109 Å². The fraction of sp³-hybridized carbons (Fsp3) is 0.909. The Morgan fingerprint density at radius 3 is 2.72 bits per heavy atom. The highest BCUT2D eigenvalue weighted by Crippen LogP contribution is 2.17. The maximum Gasteiger partial charge on any atom is 0.303 e. The van der Waals surface area contributed by atoms with Gasteiger partial charge in [0.25, 0.3) is 0 Å². The Morgan fingerprint density at radius 1 is 1.50 bits per heavy atom. The molecular formula is C11H22N2O4S. The van der Waals surface area contributed by atoms with Gasteiger partial charge in [0.2, 0.25) is 10.0 Å². The summed E-state index contributed by atoms with van der Waals surface area (Å²) in [6.45, 7) is 1.75. The van der Waals surface area contributed by atoms with Crippen molar-refractivity contribution < 1.29 is 18.3 Å². The van der Waals surface area contributed by atoms with Gasteiger partial charge in [-0.15, -0.1) is 0 Å². The van der Waals surface area contributed by atoms with E-state index in [0.717, 1.165) is 25.9 Å². The second-order valence-corrected chi connectivity index (χ2v) is 7.04. The molecule has 106 valence electrons. The number of carboxylic acid groups (broad SMARTS) is 1. The predicted molar refractivity (Wildman–Crippen MR) is 68.9 cm³/mol. The molecule has 1 atom stereocenters. The summed E-state index contributed by atoms with van der Waals surface area (Å²) in [6.07, 6.45) is 1.94. The Balaban J connectivity index is 2.52. The van der Waals surface area contributed by atoms with Crippen molar-refractivity contribution in [2.45, 2.75) is 31.7 Å². The van der Waals surface area contributed by atoms with E-state index in [1.807, 2.05) is 7.05 Å². The highest BCUT2D eigenvalue weighted by molar-refractivity contribution is 7.89. The Morgan fingerprint density at radius 2 is 2.17 bits per heavy atom. The summed E-state index contributed by atoms with van der Waals surface area (Å²) in [6, 6.07) is 0.0126. The van der Waals surface area contributed by atoms with Crippen LogP contribution in [0.25, 0.3) is 0 Å². The molecule has 1 fully saturated rings. The summed E-state index contributed by atoms with van der Waals surface area (Å²) in [5.74, 6) is -1.04. The van der Waals surface area contributed by atoms with Gasteiger partial charge < -0.3 is 10.0 Å². The number of carboxylic acids is 1. The number of likely N-dealkylation sites (tertiary alicyclic amines) is 1. The number of carbonyl (C=O) groups is 1. The van der Waals surface area contributed by atoms with Crippen molar-refractivity contribution in [2.24, 2.45) is 0 Å². The third-order valence-electron chi connectivity index (χ3n) is 3.35. The van der Waals surface area contributed by atoms with Crippen LogP contribution in [0.5, 0.6) is 0 Å². The first-order valence-electron chi connectivity index (χ1n) is 6.19. The van der Waals surface area contributed by atoms with Gasteiger partial charge in [-0.2, -0.15) is 0 Å². The third kappa shape index (κ3) is 4.55. The molecule has 6 nitrogen and oxygen atoms in total. The van der Waals surface area contributed by atoms with E-state index in [0.29, 0.717) is 0 Å². The number of aliphatic carboxylic acids is 1. The van der Waals surface area contributed by atoms with Gasteiger partial charge >= 0.3 is 5.97 Å². The highest BCUT2D eigenvalue weighted by atomic mass is 32.2. The van der Waals surface area contributed by atoms with Crippen LogP contribution in [0.2, 0.25) is 0 Å². The minimum atomic E-state index is -3.34. The molecule has 1 unspecified atom stereocenters. The Bertz CT molecular complexity index is 383. The first-order valence-corrected chi connectivity index (χ1v) is 7.80. The lowest BCUT2D eigenvalue weighted by molar-refractivity contribution is -0.137. The molecule has 7 heteroatoms. The zero-order chi connectivity index (χ0) is 13.8. The van der Waals surface area contributed by atoms with Crippen molar-refractivity contribution >= 4 is 16.0 Å². The Kier molecular flexibility index (Phi) is 5.55. The van der Waals surface area contributed by atoms with E-state index in [2.05, 4.69) is 4.90 Å². The number of sulfonamides is 1. The first-order chi connectivity index (χ1) is 8.33. The van der Waals surface area contributed by atoms with Crippen molar-refractivity contribution in [3.63, 3.8) is 0 Å². The number of nitrogens with zero attached hydrogens (tertiary/aromatic N) is 2. The van der Waals surface area contributed by atoms with Crippen LogP contribution in [0.1, 0.15) is 25.7 Å². The maximum absolute atomic E-state index is 12.0. The lowest BCUT2D eigenvalue weighted by Gasteiger charge is -2.35. The third-order valence-corrected chi connectivity index (χ3v) is 5.33. The van der Waals surface area contributed by atoms with Gasteiger partial charge in [-0.3, -0.25) is 4.79 Å². The Hall–Kier alpha value is -0.660. The zero-order valence-corrected chi connectivity index (χ0v) is 11.8. The smallest absolute Gasteiger partial charge is 0.303 e. The summed E-state index contributed by atoms with van der Waals surface area (Å²) in [7, 11) is 0.245. The maximum atomic E-state index is 12.0. The molecule has 18 heavy (non-hydrogen) atoms. The van der Waals surface area contributed by atoms with Crippen LogP contribution in [0.3, 0.4) is 0 Å². The SMILES string of the molecule is CN1CCCC(N(C)S(=O)(=O)CCCC(=O)O)C1. The van der Waals surface area contributed by atoms with E-state index in [-0.39, 0.29) is 24.6 Å². The molecule has 1 rings (SSSR count). The molecular weight excluding hydrogens is 256 g/mol. The number of piperidine rings is 1. The molecule has 0 bridgehead atoms. The molecule has 1 aliphatic rings. The van der Waals surface area contributed by atoms with Crippen molar-refractivity contribution in [1.82, 2.24) is 9.21 Å². The molecule has 0 spiro atoms. The number of rotatable bonds is 6. The fourth-order valence-corrected chi connectivity index (χ4v) is 3.64. The summed E-state index contributed by atoms with van der Waals surface area (Å²) in [5, 5.41) is 8.52. The van der Waals surface area contributed by atoms with Crippen LogP contribution < -0.4 is 0 Å². The zero-order valence-electron chi connectivity index (χ0n) is 11.0. The van der Waals surface area contributed by atoms with Crippen LogP contribution in [0, 0.1) is 0 Å². The molecule has 0 aromatic heterocycles. The molecule has 1 saturated heterocycles. The van der Waals surface area contributed by atoms with Crippen LogP contribution in [-0.2, 0) is 14.8 Å². The summed E-state index contributed by atoms with van der Waals surface area (Å²) in [5.41, 5.74) is 0. The summed E-state index contributed by atoms with van der Waals surface area (Å²) in [4.78, 5) is 12.5. The van der Waals surface area contributed by atoms with Crippen molar-refractivity contribution in [2.75, 3.05) is 32.9 Å².